The van der Waals surface area contributed by atoms with Gasteiger partial charge in [-0.1, -0.05) is 37.4 Å². The summed E-state index contributed by atoms with van der Waals surface area (Å²) >= 11 is 4.35. The van der Waals surface area contributed by atoms with Crippen LogP contribution in [0.15, 0.2) is 14.6 Å². The number of aromatic nitrogens is 2. The van der Waals surface area contributed by atoms with E-state index in [2.05, 4.69) is 23.8 Å². The molecule has 158 valence electrons. The number of ether oxygens (including phenoxy) is 2. The van der Waals surface area contributed by atoms with Crippen LogP contribution < -0.4 is 0 Å². The Labute approximate surface area is 182 Å². The first kappa shape index (κ1) is 22.3. The molecule has 7 nitrogen and oxygen atoms in total. The quantitative estimate of drug-likeness (QED) is 0.250. The predicted octanol–water partition coefficient (Wildman–Crippen LogP) is 4.10. The number of hydrogen-bond acceptors (Lipinski definition) is 10. The van der Waals surface area contributed by atoms with Crippen molar-refractivity contribution < 1.29 is 23.5 Å². The molecule has 0 aliphatic carbocycles. The second-order valence-corrected chi connectivity index (χ2v) is 10.5. The summed E-state index contributed by atoms with van der Waals surface area (Å²) in [7, 11) is 0. The van der Waals surface area contributed by atoms with Gasteiger partial charge in [0.2, 0.25) is 5.71 Å². The Hall–Kier alpha value is -1.39. The summed E-state index contributed by atoms with van der Waals surface area (Å²) in [6, 6.07) is 0. The first-order chi connectivity index (χ1) is 13.8. The molecule has 2 aromatic heterocycles. The minimum Gasteiger partial charge on any atom is -0.465 e. The topological polar surface area (TPSA) is 91.5 Å². The van der Waals surface area contributed by atoms with Gasteiger partial charge in [-0.15, -0.1) is 11.8 Å². The lowest BCUT2D eigenvalue weighted by atomic mass is 10.00. The molecule has 0 aromatic carbocycles. The number of thioether (sulfide) groups is 3. The maximum absolute atomic E-state index is 11.9. The molecule has 0 saturated carbocycles. The molecule has 0 bridgehead atoms. The van der Waals surface area contributed by atoms with Crippen molar-refractivity contribution in [3.8, 4) is 0 Å². The van der Waals surface area contributed by atoms with Gasteiger partial charge in [0, 0.05) is 10.3 Å². The summed E-state index contributed by atoms with van der Waals surface area (Å²) in [5.41, 5.74) is 1.61. The average molecular weight is 457 g/mol. The van der Waals surface area contributed by atoms with Crippen LogP contribution >= 0.6 is 35.3 Å². The molecule has 1 aliphatic heterocycles. The van der Waals surface area contributed by atoms with Gasteiger partial charge in [-0.2, -0.15) is 4.98 Å². The van der Waals surface area contributed by atoms with Crippen molar-refractivity contribution in [3.05, 3.63) is 11.3 Å². The first-order valence-electron chi connectivity index (χ1n) is 9.36. The third-order valence-corrected chi connectivity index (χ3v) is 7.24. The third-order valence-electron chi connectivity index (χ3n) is 4.13. The summed E-state index contributed by atoms with van der Waals surface area (Å²) in [5.74, 6) is 1.33. The Morgan fingerprint density at radius 2 is 1.76 bits per heavy atom. The molecule has 0 amide bonds. The van der Waals surface area contributed by atoms with Crippen molar-refractivity contribution in [1.29, 1.82) is 0 Å². The van der Waals surface area contributed by atoms with E-state index < -0.39 is 0 Å². The van der Waals surface area contributed by atoms with Crippen LogP contribution in [-0.2, 0) is 31.2 Å². The fraction of sp³-hybridized carbons (Fsp3) is 0.579. The van der Waals surface area contributed by atoms with Gasteiger partial charge in [0.1, 0.15) is 10.8 Å². The van der Waals surface area contributed by atoms with Gasteiger partial charge in [0.15, 0.2) is 5.16 Å². The Morgan fingerprint density at radius 3 is 2.41 bits per heavy atom. The van der Waals surface area contributed by atoms with E-state index in [1.807, 2.05) is 11.8 Å². The third kappa shape index (κ3) is 5.61. The van der Waals surface area contributed by atoms with E-state index in [1.54, 1.807) is 13.8 Å². The van der Waals surface area contributed by atoms with Crippen molar-refractivity contribution in [2.75, 3.05) is 24.7 Å². The summed E-state index contributed by atoms with van der Waals surface area (Å²) in [4.78, 5) is 32.7. The Balaban J connectivity index is 1.94. The molecule has 10 heteroatoms. The van der Waals surface area contributed by atoms with Crippen LogP contribution in [0.5, 0.6) is 0 Å². The molecule has 0 fully saturated rings. The zero-order valence-electron chi connectivity index (χ0n) is 16.9. The number of rotatable bonds is 8. The molecule has 29 heavy (non-hydrogen) atoms. The lowest BCUT2D eigenvalue weighted by molar-refractivity contribution is -0.140. The van der Waals surface area contributed by atoms with Gasteiger partial charge >= 0.3 is 11.9 Å². The maximum atomic E-state index is 11.9. The molecule has 3 rings (SSSR count). The second-order valence-electron chi connectivity index (χ2n) is 6.91. The second kappa shape index (κ2) is 9.61. The van der Waals surface area contributed by atoms with E-state index in [9.17, 15) is 9.59 Å². The lowest BCUT2D eigenvalue weighted by Crippen LogP contribution is -2.22. The van der Waals surface area contributed by atoms with E-state index >= 15 is 0 Å². The number of nitrogens with zero attached hydrogens (tertiary/aromatic N) is 2. The Kier molecular flexibility index (Phi) is 7.39. The van der Waals surface area contributed by atoms with E-state index in [4.69, 9.17) is 13.9 Å². The highest BCUT2D eigenvalue weighted by molar-refractivity contribution is 8.00. The molecule has 0 saturated heterocycles. The standard InChI is InChI=1S/C19H24N2O5S3/c1-5-24-13(22)9-27-17-15-11-7-19(3,4)29-8-12(11)26-16(15)20-18(21-17)28-10-14(23)25-6-2/h5-10H2,1-4H3. The van der Waals surface area contributed by atoms with Crippen LogP contribution in [0.4, 0.5) is 0 Å². The number of fused-ring (bicyclic) bond motifs is 3. The van der Waals surface area contributed by atoms with Gasteiger partial charge in [-0.3, -0.25) is 9.59 Å². The SMILES string of the molecule is CCOC(=O)CSc1nc(SCC(=O)OCC)c2c3c(oc2n1)CSC(C)(C)C3. The highest BCUT2D eigenvalue weighted by atomic mass is 32.2. The molecule has 2 aromatic rings. The van der Waals surface area contributed by atoms with Crippen LogP contribution in [0.2, 0.25) is 0 Å². The van der Waals surface area contributed by atoms with Crippen LogP contribution in [0, 0.1) is 0 Å². The Morgan fingerprint density at radius 1 is 1.10 bits per heavy atom. The van der Waals surface area contributed by atoms with E-state index in [1.165, 1.54) is 23.5 Å². The molecule has 0 atom stereocenters. The average Bonchev–Trinajstić information content (AvgIpc) is 3.01. The van der Waals surface area contributed by atoms with Crippen LogP contribution in [0.1, 0.15) is 39.0 Å². The van der Waals surface area contributed by atoms with Crippen molar-refractivity contribution in [2.24, 2.45) is 0 Å². The van der Waals surface area contributed by atoms with Gasteiger partial charge < -0.3 is 13.9 Å². The highest BCUT2D eigenvalue weighted by Gasteiger charge is 2.32. The first-order valence-corrected chi connectivity index (χ1v) is 12.3. The molecule has 0 radical (unpaired) electrons. The van der Waals surface area contributed by atoms with Gasteiger partial charge in [0.25, 0.3) is 0 Å². The van der Waals surface area contributed by atoms with Crippen molar-refractivity contribution >= 4 is 58.3 Å². The van der Waals surface area contributed by atoms with Crippen molar-refractivity contribution in [2.45, 2.75) is 54.8 Å². The molecular formula is C19H24N2O5S3. The lowest BCUT2D eigenvalue weighted by Gasteiger charge is -2.28. The zero-order chi connectivity index (χ0) is 21.0. The number of hydrogen-bond donors (Lipinski definition) is 0. The monoisotopic (exact) mass is 456 g/mol. The molecule has 3 heterocycles. The fourth-order valence-corrected chi connectivity index (χ4v) is 5.45. The van der Waals surface area contributed by atoms with Crippen molar-refractivity contribution in [3.63, 3.8) is 0 Å². The van der Waals surface area contributed by atoms with Crippen LogP contribution in [0.25, 0.3) is 11.1 Å². The minimum atomic E-state index is -0.321. The smallest absolute Gasteiger partial charge is 0.316 e. The molecule has 0 unspecified atom stereocenters. The molecule has 1 aliphatic rings. The van der Waals surface area contributed by atoms with Crippen LogP contribution in [-0.4, -0.2) is 51.4 Å². The van der Waals surface area contributed by atoms with Gasteiger partial charge in [0.05, 0.1) is 35.9 Å². The van der Waals surface area contributed by atoms with Gasteiger partial charge in [-0.05, 0) is 20.3 Å². The normalized spacial score (nSPS) is 15.2. The largest absolute Gasteiger partial charge is 0.465 e. The summed E-state index contributed by atoms with van der Waals surface area (Å²) in [6.07, 6.45) is 0.839. The Bertz CT molecular complexity index is 913. The fourth-order valence-electron chi connectivity index (χ4n) is 2.92. The molecular weight excluding hydrogens is 432 g/mol. The number of carbonyl (C=O) groups is 2. The number of esters is 2. The summed E-state index contributed by atoms with van der Waals surface area (Å²) in [5, 5.41) is 1.97. The minimum absolute atomic E-state index is 0.0875. The predicted molar refractivity (Wildman–Crippen MR) is 116 cm³/mol. The van der Waals surface area contributed by atoms with Crippen molar-refractivity contribution in [1.82, 2.24) is 9.97 Å². The molecule has 0 spiro atoms. The van der Waals surface area contributed by atoms with Gasteiger partial charge in [-0.25, -0.2) is 4.98 Å². The van der Waals surface area contributed by atoms with E-state index in [0.29, 0.717) is 29.1 Å². The molecule has 0 N–H and O–H groups in total. The van der Waals surface area contributed by atoms with Crippen LogP contribution in [0.3, 0.4) is 0 Å². The van der Waals surface area contributed by atoms with E-state index in [0.717, 1.165) is 28.9 Å². The summed E-state index contributed by atoms with van der Waals surface area (Å²) in [6.45, 7) is 8.62. The number of carbonyl (C=O) groups excluding carboxylic acids is 2. The number of furan rings is 1. The summed E-state index contributed by atoms with van der Waals surface area (Å²) < 4.78 is 16.1. The zero-order valence-corrected chi connectivity index (χ0v) is 19.4. The van der Waals surface area contributed by atoms with E-state index in [-0.39, 0.29) is 28.2 Å². The highest BCUT2D eigenvalue weighted by Crippen LogP contribution is 2.44. The maximum Gasteiger partial charge on any atom is 0.316 e.